The highest BCUT2D eigenvalue weighted by molar-refractivity contribution is 8.00. The lowest BCUT2D eigenvalue weighted by atomic mass is 9.97. The van der Waals surface area contributed by atoms with Gasteiger partial charge in [-0.25, -0.2) is 4.98 Å². The lowest BCUT2D eigenvalue weighted by Gasteiger charge is -2.24. The standard InChI is InChI=1S/C24H29N3O3S2/c1-4-26(17-10-6-5-7-11-17)22(28)16(2)31-24-25-21-20(23(29)27(24)14-15-30-3)18-12-8-9-13-19(18)32-21/h5-7,10-11,16H,4,8-9,12-15H2,1-3H3. The maximum absolute atomic E-state index is 13.5. The maximum Gasteiger partial charge on any atom is 0.263 e. The molecule has 2 heterocycles. The molecule has 1 amide bonds. The summed E-state index contributed by atoms with van der Waals surface area (Å²) in [6.07, 6.45) is 4.25. The van der Waals surface area contributed by atoms with Gasteiger partial charge < -0.3 is 9.64 Å². The molecule has 0 N–H and O–H groups in total. The van der Waals surface area contributed by atoms with Crippen molar-refractivity contribution in [1.82, 2.24) is 9.55 Å². The van der Waals surface area contributed by atoms with Crippen LogP contribution in [0.1, 0.15) is 37.1 Å². The first-order chi connectivity index (χ1) is 15.5. The largest absolute Gasteiger partial charge is 0.383 e. The third-order valence-electron chi connectivity index (χ3n) is 5.84. The van der Waals surface area contributed by atoms with Gasteiger partial charge in [-0.3, -0.25) is 14.2 Å². The second-order valence-corrected chi connectivity index (χ2v) is 10.3. The minimum Gasteiger partial charge on any atom is -0.383 e. The molecule has 0 saturated carbocycles. The third-order valence-corrected chi connectivity index (χ3v) is 8.10. The second kappa shape index (κ2) is 10.2. The summed E-state index contributed by atoms with van der Waals surface area (Å²) in [6.45, 7) is 5.27. The maximum atomic E-state index is 13.5. The zero-order chi connectivity index (χ0) is 22.7. The first kappa shape index (κ1) is 23.0. The average molecular weight is 472 g/mol. The van der Waals surface area contributed by atoms with Crippen LogP contribution in [0.5, 0.6) is 0 Å². The number of amides is 1. The van der Waals surface area contributed by atoms with Crippen molar-refractivity contribution in [3.63, 3.8) is 0 Å². The van der Waals surface area contributed by atoms with Gasteiger partial charge in [0.25, 0.3) is 5.56 Å². The van der Waals surface area contributed by atoms with Crippen LogP contribution in [0.3, 0.4) is 0 Å². The lowest BCUT2D eigenvalue weighted by molar-refractivity contribution is -0.117. The molecule has 1 unspecified atom stereocenters. The Morgan fingerprint density at radius 1 is 1.28 bits per heavy atom. The number of aryl methyl sites for hydroxylation is 2. The van der Waals surface area contributed by atoms with E-state index in [1.54, 1.807) is 27.9 Å². The number of nitrogens with zero attached hydrogens (tertiary/aromatic N) is 3. The molecule has 0 saturated heterocycles. The Hall–Kier alpha value is -2.16. The van der Waals surface area contributed by atoms with Crippen LogP contribution in [0.2, 0.25) is 0 Å². The summed E-state index contributed by atoms with van der Waals surface area (Å²) >= 11 is 2.99. The van der Waals surface area contributed by atoms with Crippen LogP contribution in [0, 0.1) is 0 Å². The fraction of sp³-hybridized carbons (Fsp3) is 0.458. The molecule has 0 fully saturated rings. The first-order valence-electron chi connectivity index (χ1n) is 11.1. The van der Waals surface area contributed by atoms with Crippen molar-refractivity contribution in [3.8, 4) is 0 Å². The summed E-state index contributed by atoms with van der Waals surface area (Å²) in [5.41, 5.74) is 2.05. The molecule has 2 aromatic heterocycles. The van der Waals surface area contributed by atoms with Crippen LogP contribution in [0.4, 0.5) is 5.69 Å². The number of thiophene rings is 1. The van der Waals surface area contributed by atoms with Crippen LogP contribution < -0.4 is 10.5 Å². The Kier molecular flexibility index (Phi) is 7.33. The molecule has 0 radical (unpaired) electrons. The van der Waals surface area contributed by atoms with Crippen molar-refractivity contribution in [1.29, 1.82) is 0 Å². The summed E-state index contributed by atoms with van der Waals surface area (Å²) in [6, 6.07) is 9.68. The summed E-state index contributed by atoms with van der Waals surface area (Å²) in [4.78, 5) is 35.6. The van der Waals surface area contributed by atoms with Crippen molar-refractivity contribution in [2.24, 2.45) is 0 Å². The van der Waals surface area contributed by atoms with Gasteiger partial charge in [0, 0.05) is 24.2 Å². The molecule has 32 heavy (non-hydrogen) atoms. The van der Waals surface area contributed by atoms with Gasteiger partial charge in [0.2, 0.25) is 5.91 Å². The van der Waals surface area contributed by atoms with Crippen molar-refractivity contribution in [3.05, 3.63) is 51.1 Å². The van der Waals surface area contributed by atoms with Crippen LogP contribution in [0.25, 0.3) is 10.2 Å². The molecule has 1 atom stereocenters. The fourth-order valence-electron chi connectivity index (χ4n) is 4.19. The van der Waals surface area contributed by atoms with E-state index >= 15 is 0 Å². The predicted molar refractivity (Wildman–Crippen MR) is 132 cm³/mol. The smallest absolute Gasteiger partial charge is 0.263 e. The Morgan fingerprint density at radius 2 is 2.03 bits per heavy atom. The second-order valence-electron chi connectivity index (χ2n) is 7.91. The van der Waals surface area contributed by atoms with E-state index in [1.165, 1.54) is 22.2 Å². The molecule has 0 bridgehead atoms. The number of ether oxygens (including phenoxy) is 1. The number of aromatic nitrogens is 2. The first-order valence-corrected chi connectivity index (χ1v) is 12.8. The van der Waals surface area contributed by atoms with E-state index in [4.69, 9.17) is 9.72 Å². The van der Waals surface area contributed by atoms with Gasteiger partial charge in [0.1, 0.15) is 4.83 Å². The van der Waals surface area contributed by atoms with Gasteiger partial charge in [0.05, 0.1) is 23.8 Å². The van der Waals surface area contributed by atoms with Crippen LogP contribution in [-0.4, -0.2) is 41.0 Å². The van der Waals surface area contributed by atoms with E-state index in [0.717, 1.165) is 41.6 Å². The molecule has 4 rings (SSSR count). The van der Waals surface area contributed by atoms with E-state index in [-0.39, 0.29) is 16.7 Å². The molecule has 1 aromatic carbocycles. The van der Waals surface area contributed by atoms with E-state index in [1.807, 2.05) is 44.2 Å². The number of hydrogen-bond acceptors (Lipinski definition) is 6. The number of methoxy groups -OCH3 is 1. The van der Waals surface area contributed by atoms with E-state index in [0.29, 0.717) is 24.9 Å². The summed E-state index contributed by atoms with van der Waals surface area (Å²) in [7, 11) is 1.63. The van der Waals surface area contributed by atoms with Crippen LogP contribution in [-0.2, 0) is 28.9 Å². The number of anilines is 1. The van der Waals surface area contributed by atoms with Gasteiger partial charge >= 0.3 is 0 Å². The van der Waals surface area contributed by atoms with Crippen LogP contribution >= 0.6 is 23.1 Å². The lowest BCUT2D eigenvalue weighted by Crippen LogP contribution is -2.37. The monoisotopic (exact) mass is 471 g/mol. The molecule has 1 aliphatic rings. The Bertz CT molecular complexity index is 1160. The Balaban J connectivity index is 1.69. The van der Waals surface area contributed by atoms with Gasteiger partial charge in [-0.1, -0.05) is 30.0 Å². The number of thioether (sulfide) groups is 1. The van der Waals surface area contributed by atoms with Gasteiger partial charge in [-0.2, -0.15) is 0 Å². The SMILES string of the molecule is CCN(C(=O)C(C)Sc1nc2sc3c(c2c(=O)n1CCOC)CCCC3)c1ccccc1. The third kappa shape index (κ3) is 4.49. The number of rotatable bonds is 8. The Labute approximate surface area is 196 Å². The average Bonchev–Trinajstić information content (AvgIpc) is 3.18. The zero-order valence-electron chi connectivity index (χ0n) is 18.8. The number of fused-ring (bicyclic) bond motifs is 3. The minimum atomic E-state index is -0.386. The number of carbonyl (C=O) groups excluding carboxylic acids is 1. The number of para-hydroxylation sites is 1. The van der Waals surface area contributed by atoms with E-state index in [2.05, 4.69) is 0 Å². The molecular weight excluding hydrogens is 442 g/mol. The van der Waals surface area contributed by atoms with Crippen molar-refractivity contribution >= 4 is 44.9 Å². The molecule has 3 aromatic rings. The molecular formula is C24H29N3O3S2. The zero-order valence-corrected chi connectivity index (χ0v) is 20.4. The topological polar surface area (TPSA) is 64.4 Å². The number of carbonyl (C=O) groups is 1. The number of benzene rings is 1. The van der Waals surface area contributed by atoms with Crippen molar-refractivity contribution in [2.75, 3.05) is 25.2 Å². The molecule has 0 aliphatic heterocycles. The summed E-state index contributed by atoms with van der Waals surface area (Å²) in [5.74, 6) is 0.00168. The van der Waals surface area contributed by atoms with E-state index in [9.17, 15) is 9.59 Å². The highest BCUT2D eigenvalue weighted by atomic mass is 32.2. The highest BCUT2D eigenvalue weighted by Crippen LogP contribution is 2.35. The predicted octanol–water partition coefficient (Wildman–Crippen LogP) is 4.52. The highest BCUT2D eigenvalue weighted by Gasteiger charge is 2.26. The van der Waals surface area contributed by atoms with Crippen molar-refractivity contribution < 1.29 is 9.53 Å². The molecule has 6 nitrogen and oxygen atoms in total. The summed E-state index contributed by atoms with van der Waals surface area (Å²) in [5, 5.41) is 0.967. The number of hydrogen-bond donors (Lipinski definition) is 0. The Morgan fingerprint density at radius 3 is 2.75 bits per heavy atom. The van der Waals surface area contributed by atoms with Gasteiger partial charge in [0.15, 0.2) is 5.16 Å². The molecule has 170 valence electrons. The van der Waals surface area contributed by atoms with Gasteiger partial charge in [-0.15, -0.1) is 11.3 Å². The molecule has 0 spiro atoms. The fourth-order valence-corrected chi connectivity index (χ4v) is 6.49. The quantitative estimate of drug-likeness (QED) is 0.357. The molecule has 8 heteroatoms. The minimum absolute atomic E-state index is 0.00168. The van der Waals surface area contributed by atoms with Crippen LogP contribution in [0.15, 0.2) is 40.3 Å². The molecule has 1 aliphatic carbocycles. The van der Waals surface area contributed by atoms with E-state index < -0.39 is 0 Å². The normalized spacial score (nSPS) is 14.3. The summed E-state index contributed by atoms with van der Waals surface area (Å²) < 4.78 is 6.95. The van der Waals surface area contributed by atoms with Crippen molar-refractivity contribution in [2.45, 2.75) is 56.5 Å². The van der Waals surface area contributed by atoms with Gasteiger partial charge in [-0.05, 0) is 57.2 Å².